The van der Waals surface area contributed by atoms with Gasteiger partial charge in [-0.2, -0.15) is 0 Å². The molecule has 0 aliphatic carbocycles. The summed E-state index contributed by atoms with van der Waals surface area (Å²) in [5.74, 6) is -0.233. The SMILES string of the molecule is CCCCCCCCCCCCCCCCCCC/C=C/CC/C=C/C(O)C(COP(=O)([O-])OCC[N+](C)(C)C)NC(=O)CCCCC. The number of phosphoric ester groups is 1. The molecule has 0 bridgehead atoms. The monoisotopic (exact) mass is 701 g/mol. The van der Waals surface area contributed by atoms with Gasteiger partial charge in [0, 0.05) is 6.42 Å². The van der Waals surface area contributed by atoms with Crippen molar-refractivity contribution in [2.75, 3.05) is 40.9 Å². The normalized spacial score (nSPS) is 14.9. The van der Waals surface area contributed by atoms with Crippen molar-refractivity contribution in [3.8, 4) is 0 Å². The van der Waals surface area contributed by atoms with Crippen LogP contribution in [-0.4, -0.2) is 68.5 Å². The third kappa shape index (κ3) is 33.5. The van der Waals surface area contributed by atoms with Crippen molar-refractivity contribution in [1.82, 2.24) is 5.32 Å². The molecule has 0 spiro atoms. The summed E-state index contributed by atoms with van der Waals surface area (Å²) >= 11 is 0. The van der Waals surface area contributed by atoms with Crippen LogP contribution in [0.5, 0.6) is 0 Å². The lowest BCUT2D eigenvalue weighted by atomic mass is 10.0. The van der Waals surface area contributed by atoms with Crippen LogP contribution in [0, 0.1) is 0 Å². The number of allylic oxidation sites excluding steroid dienone is 3. The van der Waals surface area contributed by atoms with Crippen LogP contribution in [-0.2, 0) is 18.4 Å². The maximum atomic E-state index is 12.4. The molecule has 0 heterocycles. The van der Waals surface area contributed by atoms with E-state index in [4.69, 9.17) is 9.05 Å². The van der Waals surface area contributed by atoms with Gasteiger partial charge in [-0.3, -0.25) is 9.36 Å². The molecule has 0 aromatic rings. The maximum Gasteiger partial charge on any atom is 0.268 e. The van der Waals surface area contributed by atoms with Crippen molar-refractivity contribution in [3.05, 3.63) is 24.3 Å². The minimum Gasteiger partial charge on any atom is -0.756 e. The average molecular weight is 701 g/mol. The number of amides is 1. The van der Waals surface area contributed by atoms with Gasteiger partial charge in [-0.25, -0.2) is 0 Å². The predicted molar refractivity (Wildman–Crippen MR) is 201 cm³/mol. The number of likely N-dealkylation sites (N-methyl/N-ethyl adjacent to an activating group) is 1. The number of nitrogens with zero attached hydrogens (tertiary/aromatic N) is 1. The number of carbonyl (C=O) groups excluding carboxylic acids is 1. The zero-order valence-electron chi connectivity index (χ0n) is 31.9. The van der Waals surface area contributed by atoms with Gasteiger partial charge in [0.1, 0.15) is 13.2 Å². The lowest BCUT2D eigenvalue weighted by molar-refractivity contribution is -0.870. The zero-order chi connectivity index (χ0) is 35.8. The number of rotatable bonds is 35. The van der Waals surface area contributed by atoms with Gasteiger partial charge in [0.2, 0.25) is 5.91 Å². The summed E-state index contributed by atoms with van der Waals surface area (Å²) in [5, 5.41) is 13.5. The standard InChI is InChI=1S/C39H77N2O6P/c1-6-8-10-11-12-13-14-15-16-17-18-19-20-21-22-23-24-25-26-27-28-29-31-32-38(42)37(40-39(43)33-30-9-7-2)36-47-48(44,45)46-35-34-41(3,4)5/h26-27,31-32,37-38,42H,6-25,28-30,33-36H2,1-5H3,(H-,40,43,44,45)/b27-26+,32-31+. The third-order valence-corrected chi connectivity index (χ3v) is 9.63. The molecule has 2 N–H and O–H groups in total. The third-order valence-electron chi connectivity index (χ3n) is 8.66. The van der Waals surface area contributed by atoms with Gasteiger partial charge in [0.05, 0.1) is 39.9 Å². The quantitative estimate of drug-likeness (QED) is 0.0295. The number of unbranched alkanes of at least 4 members (excludes halogenated alkanes) is 20. The van der Waals surface area contributed by atoms with Gasteiger partial charge in [0.15, 0.2) is 0 Å². The summed E-state index contributed by atoms with van der Waals surface area (Å²) in [6, 6.07) is -0.894. The number of nitrogens with one attached hydrogen (secondary N) is 1. The van der Waals surface area contributed by atoms with Crippen molar-refractivity contribution in [1.29, 1.82) is 0 Å². The first-order valence-electron chi connectivity index (χ1n) is 19.7. The smallest absolute Gasteiger partial charge is 0.268 e. The van der Waals surface area contributed by atoms with E-state index in [1.807, 2.05) is 27.2 Å². The highest BCUT2D eigenvalue weighted by Crippen LogP contribution is 2.38. The Morgan fingerprint density at radius 2 is 1.17 bits per heavy atom. The first-order chi connectivity index (χ1) is 23.0. The van der Waals surface area contributed by atoms with Gasteiger partial charge in [-0.15, -0.1) is 0 Å². The topological polar surface area (TPSA) is 108 Å². The van der Waals surface area contributed by atoms with Crippen LogP contribution >= 0.6 is 7.82 Å². The fourth-order valence-corrected chi connectivity index (χ4v) is 6.18. The second kappa shape index (κ2) is 31.9. The molecule has 0 aromatic carbocycles. The molecule has 9 heteroatoms. The fraction of sp³-hybridized carbons (Fsp3) is 0.872. The lowest BCUT2D eigenvalue weighted by Gasteiger charge is -2.29. The Morgan fingerprint density at radius 3 is 1.69 bits per heavy atom. The van der Waals surface area contributed by atoms with E-state index in [2.05, 4.69) is 31.3 Å². The molecule has 0 aliphatic rings. The summed E-state index contributed by atoms with van der Waals surface area (Å²) in [6.07, 6.45) is 36.1. The number of quaternary nitrogens is 1. The predicted octanol–water partition coefficient (Wildman–Crippen LogP) is 9.55. The first-order valence-corrected chi connectivity index (χ1v) is 21.2. The number of phosphoric acid groups is 1. The Morgan fingerprint density at radius 1 is 0.708 bits per heavy atom. The highest BCUT2D eigenvalue weighted by Gasteiger charge is 2.23. The Balaban J connectivity index is 4.12. The summed E-state index contributed by atoms with van der Waals surface area (Å²) in [4.78, 5) is 24.7. The molecule has 0 fully saturated rings. The van der Waals surface area contributed by atoms with E-state index in [0.29, 0.717) is 17.4 Å². The average Bonchev–Trinajstić information content (AvgIpc) is 3.02. The van der Waals surface area contributed by atoms with Gasteiger partial charge in [0.25, 0.3) is 7.82 Å². The highest BCUT2D eigenvalue weighted by molar-refractivity contribution is 7.45. The van der Waals surface area contributed by atoms with Gasteiger partial charge < -0.3 is 28.8 Å². The molecule has 0 rings (SSSR count). The molecule has 0 saturated carbocycles. The van der Waals surface area contributed by atoms with E-state index in [1.165, 1.54) is 109 Å². The maximum absolute atomic E-state index is 12.4. The summed E-state index contributed by atoms with van der Waals surface area (Å²) < 4.78 is 22.8. The van der Waals surface area contributed by atoms with Gasteiger partial charge in [-0.05, 0) is 32.1 Å². The second-order valence-corrected chi connectivity index (χ2v) is 16.0. The molecule has 3 unspecified atom stereocenters. The first kappa shape index (κ1) is 47.0. The molecule has 0 saturated heterocycles. The van der Waals surface area contributed by atoms with Crippen molar-refractivity contribution in [3.63, 3.8) is 0 Å². The van der Waals surface area contributed by atoms with Crippen molar-refractivity contribution in [2.45, 2.75) is 180 Å². The van der Waals surface area contributed by atoms with E-state index >= 15 is 0 Å². The number of aliphatic hydroxyl groups excluding tert-OH is 1. The van der Waals surface area contributed by atoms with Crippen LogP contribution in [0.25, 0.3) is 0 Å². The molecule has 1 amide bonds. The molecule has 48 heavy (non-hydrogen) atoms. The number of hydrogen-bond donors (Lipinski definition) is 2. The van der Waals surface area contributed by atoms with Crippen LogP contribution in [0.15, 0.2) is 24.3 Å². The summed E-state index contributed by atoms with van der Waals surface area (Å²) in [6.45, 7) is 4.43. The van der Waals surface area contributed by atoms with Crippen LogP contribution in [0.1, 0.15) is 168 Å². The van der Waals surface area contributed by atoms with Crippen molar-refractivity contribution < 1.29 is 32.9 Å². The van der Waals surface area contributed by atoms with Crippen molar-refractivity contribution >= 4 is 13.7 Å². The Labute approximate surface area is 296 Å². The van der Waals surface area contributed by atoms with E-state index in [0.717, 1.165) is 38.5 Å². The van der Waals surface area contributed by atoms with Crippen LogP contribution < -0.4 is 10.2 Å². The Bertz CT molecular complexity index is 845. The molecule has 0 radical (unpaired) electrons. The molecule has 284 valence electrons. The Hall–Kier alpha value is -1.02. The summed E-state index contributed by atoms with van der Waals surface area (Å²) in [5.41, 5.74) is 0. The largest absolute Gasteiger partial charge is 0.756 e. The number of aliphatic hydroxyl groups is 1. The number of hydrogen-bond acceptors (Lipinski definition) is 6. The van der Waals surface area contributed by atoms with Crippen LogP contribution in [0.2, 0.25) is 0 Å². The van der Waals surface area contributed by atoms with E-state index < -0.39 is 26.6 Å². The minimum atomic E-state index is -4.57. The second-order valence-electron chi connectivity index (χ2n) is 14.6. The van der Waals surface area contributed by atoms with Gasteiger partial charge >= 0.3 is 0 Å². The molecule has 0 aliphatic heterocycles. The fourth-order valence-electron chi connectivity index (χ4n) is 5.46. The number of carbonyl (C=O) groups is 1. The van der Waals surface area contributed by atoms with Crippen LogP contribution in [0.3, 0.4) is 0 Å². The molecular formula is C39H77N2O6P. The van der Waals surface area contributed by atoms with E-state index in [1.54, 1.807) is 6.08 Å². The lowest BCUT2D eigenvalue weighted by Crippen LogP contribution is -2.45. The van der Waals surface area contributed by atoms with Crippen molar-refractivity contribution in [2.24, 2.45) is 0 Å². The molecule has 0 aromatic heterocycles. The minimum absolute atomic E-state index is 0.00615. The highest BCUT2D eigenvalue weighted by atomic mass is 31.2. The van der Waals surface area contributed by atoms with Gasteiger partial charge in [-0.1, -0.05) is 154 Å². The summed E-state index contributed by atoms with van der Waals surface area (Å²) in [7, 11) is 1.24. The van der Waals surface area contributed by atoms with E-state index in [-0.39, 0.29) is 12.5 Å². The zero-order valence-corrected chi connectivity index (χ0v) is 32.8. The molecule has 3 atom stereocenters. The molecular weight excluding hydrogens is 623 g/mol. The molecule has 8 nitrogen and oxygen atoms in total. The van der Waals surface area contributed by atoms with Crippen LogP contribution in [0.4, 0.5) is 0 Å². The van der Waals surface area contributed by atoms with E-state index in [9.17, 15) is 19.4 Å². The Kier molecular flexibility index (Phi) is 31.2.